The molecule has 0 radical (unpaired) electrons. The lowest BCUT2D eigenvalue weighted by molar-refractivity contribution is -0.161. The standard InChI is InChI=1S/C44H83O8P/c1-3-5-7-9-11-13-15-17-19-20-21-22-23-24-25-27-28-30-32-34-36-38-43(45)50-40-42(41-51-53(47,48)49)52-44(46)39-37-35-33-31-29-26-18-16-14-12-10-8-6-4-2/h10,12,16,18,42H,3-9,11,13-15,17,19-41H2,1-2H3,(H2,47,48,49)/b12-10+,18-16+/t42-/m1/s1. The molecule has 9 heteroatoms. The molecule has 53 heavy (non-hydrogen) atoms. The maximum atomic E-state index is 12.4. The fraction of sp³-hybridized carbons (Fsp3) is 0.864. The lowest BCUT2D eigenvalue weighted by Crippen LogP contribution is -2.29. The van der Waals surface area contributed by atoms with Gasteiger partial charge < -0.3 is 19.3 Å². The van der Waals surface area contributed by atoms with E-state index in [2.05, 4.69) is 42.7 Å². The predicted molar refractivity (Wildman–Crippen MR) is 221 cm³/mol. The molecule has 0 heterocycles. The normalized spacial score (nSPS) is 12.6. The van der Waals surface area contributed by atoms with Crippen LogP contribution in [-0.4, -0.2) is 41.0 Å². The van der Waals surface area contributed by atoms with Crippen LogP contribution < -0.4 is 0 Å². The average Bonchev–Trinajstić information content (AvgIpc) is 3.13. The molecule has 0 aromatic carbocycles. The molecule has 312 valence electrons. The van der Waals surface area contributed by atoms with Crippen molar-refractivity contribution in [3.63, 3.8) is 0 Å². The van der Waals surface area contributed by atoms with Crippen molar-refractivity contribution in [2.24, 2.45) is 0 Å². The van der Waals surface area contributed by atoms with Gasteiger partial charge in [0.2, 0.25) is 0 Å². The lowest BCUT2D eigenvalue weighted by Gasteiger charge is -2.18. The zero-order chi connectivity index (χ0) is 38.9. The summed E-state index contributed by atoms with van der Waals surface area (Å²) < 4.78 is 26.4. The quantitative estimate of drug-likeness (QED) is 0.0273. The van der Waals surface area contributed by atoms with Crippen LogP contribution >= 0.6 is 7.82 Å². The van der Waals surface area contributed by atoms with Crippen LogP contribution in [0, 0.1) is 0 Å². The van der Waals surface area contributed by atoms with Crippen molar-refractivity contribution in [3.05, 3.63) is 24.3 Å². The lowest BCUT2D eigenvalue weighted by atomic mass is 10.0. The topological polar surface area (TPSA) is 119 Å². The van der Waals surface area contributed by atoms with Gasteiger partial charge in [0.1, 0.15) is 6.61 Å². The van der Waals surface area contributed by atoms with Crippen LogP contribution in [0.2, 0.25) is 0 Å². The van der Waals surface area contributed by atoms with Gasteiger partial charge in [0.25, 0.3) is 0 Å². The minimum atomic E-state index is -4.75. The summed E-state index contributed by atoms with van der Waals surface area (Å²) >= 11 is 0. The Morgan fingerprint density at radius 3 is 1.30 bits per heavy atom. The Labute approximate surface area is 326 Å². The van der Waals surface area contributed by atoms with Gasteiger partial charge in [-0.25, -0.2) is 4.57 Å². The number of hydrogen-bond donors (Lipinski definition) is 2. The zero-order valence-electron chi connectivity index (χ0n) is 34.4. The highest BCUT2D eigenvalue weighted by atomic mass is 31.2. The molecule has 0 saturated carbocycles. The van der Waals surface area contributed by atoms with Gasteiger partial charge >= 0.3 is 19.8 Å². The van der Waals surface area contributed by atoms with E-state index in [1.54, 1.807) is 0 Å². The fourth-order valence-electron chi connectivity index (χ4n) is 6.39. The highest BCUT2D eigenvalue weighted by molar-refractivity contribution is 7.46. The van der Waals surface area contributed by atoms with Gasteiger partial charge in [0.05, 0.1) is 6.61 Å². The minimum Gasteiger partial charge on any atom is -0.462 e. The maximum absolute atomic E-state index is 12.4. The van der Waals surface area contributed by atoms with Crippen molar-refractivity contribution in [3.8, 4) is 0 Å². The van der Waals surface area contributed by atoms with Gasteiger partial charge in [-0.05, 0) is 38.5 Å². The van der Waals surface area contributed by atoms with Crippen molar-refractivity contribution in [1.82, 2.24) is 0 Å². The molecule has 2 N–H and O–H groups in total. The summed E-state index contributed by atoms with van der Waals surface area (Å²) in [5.41, 5.74) is 0. The number of ether oxygens (including phenoxy) is 2. The van der Waals surface area contributed by atoms with Crippen molar-refractivity contribution in [2.45, 2.75) is 232 Å². The Bertz CT molecular complexity index is 915. The Balaban J connectivity index is 3.83. The zero-order valence-corrected chi connectivity index (χ0v) is 35.3. The van der Waals surface area contributed by atoms with Gasteiger partial charge in [-0.1, -0.05) is 199 Å². The number of carbonyl (C=O) groups is 2. The minimum absolute atomic E-state index is 0.198. The molecule has 0 aliphatic heterocycles. The van der Waals surface area contributed by atoms with Gasteiger partial charge in [-0.2, -0.15) is 0 Å². The summed E-state index contributed by atoms with van der Waals surface area (Å²) in [6.45, 7) is 3.66. The molecule has 0 unspecified atom stereocenters. The summed E-state index contributed by atoms with van der Waals surface area (Å²) in [4.78, 5) is 42.9. The van der Waals surface area contributed by atoms with E-state index in [1.807, 2.05) is 0 Å². The summed E-state index contributed by atoms with van der Waals surface area (Å²) in [6.07, 6.45) is 46.2. The van der Waals surface area contributed by atoms with Crippen LogP contribution in [0.5, 0.6) is 0 Å². The van der Waals surface area contributed by atoms with E-state index in [0.29, 0.717) is 6.42 Å². The van der Waals surface area contributed by atoms with E-state index in [-0.39, 0.29) is 19.4 Å². The maximum Gasteiger partial charge on any atom is 0.469 e. The third kappa shape index (κ3) is 43.1. The molecule has 0 saturated heterocycles. The molecule has 0 aliphatic rings. The van der Waals surface area contributed by atoms with E-state index in [9.17, 15) is 14.2 Å². The molecule has 0 bridgehead atoms. The Hall–Kier alpha value is -1.47. The molecule has 0 fully saturated rings. The second kappa shape index (κ2) is 40.2. The number of allylic oxidation sites excluding steroid dienone is 4. The average molecular weight is 771 g/mol. The third-order valence-corrected chi connectivity index (χ3v) is 10.2. The highest BCUT2D eigenvalue weighted by Gasteiger charge is 2.22. The SMILES string of the molecule is CCCC/C=C/C/C=C/CCCCCCCC(=O)O[C@H](COC(=O)CCCCCCCCCCCCCCCCCCCCCCC)COP(=O)(O)O. The van der Waals surface area contributed by atoms with Gasteiger partial charge in [-0.15, -0.1) is 0 Å². The second-order valence-electron chi connectivity index (χ2n) is 15.0. The second-order valence-corrected chi connectivity index (χ2v) is 16.3. The van der Waals surface area contributed by atoms with Crippen molar-refractivity contribution in [1.29, 1.82) is 0 Å². The predicted octanol–water partition coefficient (Wildman–Crippen LogP) is 13.6. The van der Waals surface area contributed by atoms with Gasteiger partial charge in [-0.3, -0.25) is 14.1 Å². The first-order chi connectivity index (χ1) is 25.8. The monoisotopic (exact) mass is 771 g/mol. The Morgan fingerprint density at radius 1 is 0.491 bits per heavy atom. The highest BCUT2D eigenvalue weighted by Crippen LogP contribution is 2.36. The van der Waals surface area contributed by atoms with Crippen LogP contribution in [-0.2, 0) is 28.2 Å². The number of esters is 2. The Morgan fingerprint density at radius 2 is 0.868 bits per heavy atom. The van der Waals surface area contributed by atoms with Gasteiger partial charge in [0.15, 0.2) is 6.10 Å². The van der Waals surface area contributed by atoms with E-state index < -0.39 is 32.5 Å². The number of phosphoric acid groups is 1. The van der Waals surface area contributed by atoms with Crippen molar-refractivity contribution >= 4 is 19.8 Å². The van der Waals surface area contributed by atoms with E-state index in [4.69, 9.17) is 19.3 Å². The molecule has 0 rings (SSSR count). The summed E-state index contributed by atoms with van der Waals surface area (Å²) in [7, 11) is -4.75. The Kier molecular flexibility index (Phi) is 39.1. The van der Waals surface area contributed by atoms with Crippen molar-refractivity contribution in [2.75, 3.05) is 13.2 Å². The van der Waals surface area contributed by atoms with E-state index in [0.717, 1.165) is 64.2 Å². The van der Waals surface area contributed by atoms with E-state index >= 15 is 0 Å². The molecular formula is C44H83O8P. The van der Waals surface area contributed by atoms with Crippen LogP contribution in [0.4, 0.5) is 0 Å². The summed E-state index contributed by atoms with van der Waals surface area (Å²) in [6, 6.07) is 0. The van der Waals surface area contributed by atoms with E-state index in [1.165, 1.54) is 128 Å². The molecule has 0 aromatic heterocycles. The van der Waals surface area contributed by atoms with Gasteiger partial charge in [0, 0.05) is 12.8 Å². The number of phosphoric ester groups is 1. The summed E-state index contributed by atoms with van der Waals surface area (Å²) in [5, 5.41) is 0. The molecule has 0 spiro atoms. The molecule has 0 aliphatic carbocycles. The molecule has 0 aromatic rings. The third-order valence-electron chi connectivity index (χ3n) is 9.72. The number of rotatable bonds is 41. The first-order valence-electron chi connectivity index (χ1n) is 22.1. The van der Waals surface area contributed by atoms with Crippen LogP contribution in [0.25, 0.3) is 0 Å². The van der Waals surface area contributed by atoms with Crippen molar-refractivity contribution < 1.29 is 37.9 Å². The molecule has 0 amide bonds. The fourth-order valence-corrected chi connectivity index (χ4v) is 6.75. The largest absolute Gasteiger partial charge is 0.469 e. The first-order valence-corrected chi connectivity index (χ1v) is 23.7. The number of hydrogen-bond acceptors (Lipinski definition) is 6. The van der Waals surface area contributed by atoms with Crippen LogP contribution in [0.3, 0.4) is 0 Å². The molecule has 8 nitrogen and oxygen atoms in total. The summed E-state index contributed by atoms with van der Waals surface area (Å²) in [5.74, 6) is -0.891. The number of unbranched alkanes of at least 4 members (excludes halogenated alkanes) is 27. The van der Waals surface area contributed by atoms with Crippen LogP contribution in [0.15, 0.2) is 24.3 Å². The number of carbonyl (C=O) groups excluding carboxylic acids is 2. The molecule has 1 atom stereocenters. The smallest absolute Gasteiger partial charge is 0.462 e. The first kappa shape index (κ1) is 51.5. The molecular weight excluding hydrogens is 687 g/mol. The van der Waals surface area contributed by atoms with Crippen LogP contribution in [0.1, 0.15) is 226 Å².